The maximum atomic E-state index is 4.37. The van der Waals surface area contributed by atoms with Crippen molar-refractivity contribution in [3.8, 4) is 0 Å². The highest BCUT2D eigenvalue weighted by Gasteiger charge is 2.24. The Hall–Kier alpha value is -1.12. The SMILES string of the molecule is CCC(CC1CC1)Nc1nccc(C)n1. The molecule has 3 nitrogen and oxygen atoms in total. The first kappa shape index (κ1) is 10.4. The average molecular weight is 205 g/mol. The number of hydrogen-bond acceptors (Lipinski definition) is 3. The van der Waals surface area contributed by atoms with Crippen LogP contribution in [0.25, 0.3) is 0 Å². The molecule has 0 bridgehead atoms. The minimum Gasteiger partial charge on any atom is -0.351 e. The van der Waals surface area contributed by atoms with Crippen LogP contribution in [0.5, 0.6) is 0 Å². The van der Waals surface area contributed by atoms with Gasteiger partial charge in [0.1, 0.15) is 0 Å². The number of aromatic nitrogens is 2. The maximum Gasteiger partial charge on any atom is 0.223 e. The van der Waals surface area contributed by atoms with Gasteiger partial charge in [0.2, 0.25) is 5.95 Å². The van der Waals surface area contributed by atoms with Crippen LogP contribution in [0.4, 0.5) is 5.95 Å². The lowest BCUT2D eigenvalue weighted by atomic mass is 10.1. The van der Waals surface area contributed by atoms with Crippen LogP contribution >= 0.6 is 0 Å². The van der Waals surface area contributed by atoms with Gasteiger partial charge in [-0.3, -0.25) is 0 Å². The molecule has 1 aromatic heterocycles. The molecule has 0 aromatic carbocycles. The lowest BCUT2D eigenvalue weighted by molar-refractivity contribution is 0.582. The summed E-state index contributed by atoms with van der Waals surface area (Å²) in [6, 6.07) is 2.46. The Balaban J connectivity index is 1.92. The van der Waals surface area contributed by atoms with E-state index in [1.54, 1.807) is 0 Å². The third-order valence-corrected chi connectivity index (χ3v) is 2.94. The molecule has 1 fully saturated rings. The van der Waals surface area contributed by atoms with Crippen molar-refractivity contribution in [2.24, 2.45) is 5.92 Å². The predicted octanol–water partition coefficient (Wildman–Crippen LogP) is 2.78. The summed E-state index contributed by atoms with van der Waals surface area (Å²) in [4.78, 5) is 8.60. The van der Waals surface area contributed by atoms with E-state index in [4.69, 9.17) is 0 Å². The average Bonchev–Trinajstić information content (AvgIpc) is 3.01. The van der Waals surface area contributed by atoms with Crippen molar-refractivity contribution in [3.05, 3.63) is 18.0 Å². The van der Waals surface area contributed by atoms with Gasteiger partial charge in [0.25, 0.3) is 0 Å². The second kappa shape index (κ2) is 4.60. The molecule has 1 saturated carbocycles. The second-order valence-electron chi connectivity index (χ2n) is 4.45. The van der Waals surface area contributed by atoms with Crippen LogP contribution in [0.15, 0.2) is 12.3 Å². The number of nitrogens with zero attached hydrogens (tertiary/aromatic N) is 2. The van der Waals surface area contributed by atoms with Gasteiger partial charge in [-0.05, 0) is 31.7 Å². The molecule has 1 aliphatic carbocycles. The summed E-state index contributed by atoms with van der Waals surface area (Å²) in [5, 5.41) is 3.42. The number of anilines is 1. The molecule has 1 aliphatic rings. The summed E-state index contributed by atoms with van der Waals surface area (Å²) in [7, 11) is 0. The van der Waals surface area contributed by atoms with Crippen molar-refractivity contribution in [1.82, 2.24) is 9.97 Å². The summed E-state index contributed by atoms with van der Waals surface area (Å²) < 4.78 is 0. The Morgan fingerprint density at radius 1 is 1.53 bits per heavy atom. The molecule has 2 rings (SSSR count). The zero-order valence-electron chi connectivity index (χ0n) is 9.53. The molecular weight excluding hydrogens is 186 g/mol. The van der Waals surface area contributed by atoms with Crippen molar-refractivity contribution in [1.29, 1.82) is 0 Å². The summed E-state index contributed by atoms with van der Waals surface area (Å²) in [5.74, 6) is 1.73. The Labute approximate surface area is 91.3 Å². The van der Waals surface area contributed by atoms with Gasteiger partial charge >= 0.3 is 0 Å². The fraction of sp³-hybridized carbons (Fsp3) is 0.667. The van der Waals surface area contributed by atoms with Crippen LogP contribution < -0.4 is 5.32 Å². The molecule has 3 heteroatoms. The Kier molecular flexibility index (Phi) is 3.19. The molecule has 1 heterocycles. The van der Waals surface area contributed by atoms with Crippen LogP contribution in [0.2, 0.25) is 0 Å². The molecule has 15 heavy (non-hydrogen) atoms. The van der Waals surface area contributed by atoms with Gasteiger partial charge in [-0.2, -0.15) is 0 Å². The first-order valence-corrected chi connectivity index (χ1v) is 5.84. The summed E-state index contributed by atoms with van der Waals surface area (Å²) in [6.45, 7) is 4.21. The van der Waals surface area contributed by atoms with Gasteiger partial charge in [0.05, 0.1) is 0 Å². The first-order chi connectivity index (χ1) is 7.28. The Bertz CT molecular complexity index is 320. The Morgan fingerprint density at radius 2 is 2.33 bits per heavy atom. The molecule has 0 radical (unpaired) electrons. The second-order valence-corrected chi connectivity index (χ2v) is 4.45. The fourth-order valence-electron chi connectivity index (χ4n) is 1.78. The van der Waals surface area contributed by atoms with Gasteiger partial charge in [0, 0.05) is 17.9 Å². The van der Waals surface area contributed by atoms with Crippen molar-refractivity contribution in [2.45, 2.75) is 45.6 Å². The van der Waals surface area contributed by atoms with E-state index in [1.807, 2.05) is 19.2 Å². The number of rotatable bonds is 5. The van der Waals surface area contributed by atoms with Gasteiger partial charge in [-0.15, -0.1) is 0 Å². The van der Waals surface area contributed by atoms with Crippen LogP contribution in [-0.4, -0.2) is 16.0 Å². The monoisotopic (exact) mass is 205 g/mol. The number of aryl methyl sites for hydroxylation is 1. The van der Waals surface area contributed by atoms with E-state index >= 15 is 0 Å². The van der Waals surface area contributed by atoms with E-state index in [-0.39, 0.29) is 0 Å². The molecule has 0 aliphatic heterocycles. The molecule has 0 amide bonds. The van der Waals surface area contributed by atoms with E-state index in [9.17, 15) is 0 Å². The normalized spacial score (nSPS) is 17.5. The molecule has 0 saturated heterocycles. The first-order valence-electron chi connectivity index (χ1n) is 5.84. The highest BCUT2D eigenvalue weighted by Crippen LogP contribution is 2.34. The molecule has 1 aromatic rings. The van der Waals surface area contributed by atoms with Gasteiger partial charge < -0.3 is 5.32 Å². The smallest absolute Gasteiger partial charge is 0.223 e. The Morgan fingerprint density at radius 3 is 2.93 bits per heavy atom. The topological polar surface area (TPSA) is 37.8 Å². The van der Waals surface area contributed by atoms with Crippen molar-refractivity contribution in [2.75, 3.05) is 5.32 Å². The zero-order chi connectivity index (χ0) is 10.7. The third-order valence-electron chi connectivity index (χ3n) is 2.94. The lowest BCUT2D eigenvalue weighted by Gasteiger charge is -2.16. The lowest BCUT2D eigenvalue weighted by Crippen LogP contribution is -2.20. The van der Waals surface area contributed by atoms with Crippen LogP contribution in [0.3, 0.4) is 0 Å². The maximum absolute atomic E-state index is 4.37. The largest absolute Gasteiger partial charge is 0.351 e. The summed E-state index contributed by atoms with van der Waals surface area (Å²) in [5.41, 5.74) is 1.02. The predicted molar refractivity (Wildman–Crippen MR) is 61.8 cm³/mol. The van der Waals surface area contributed by atoms with Crippen molar-refractivity contribution < 1.29 is 0 Å². The summed E-state index contributed by atoms with van der Waals surface area (Å²) in [6.07, 6.45) is 7.05. The minimum atomic E-state index is 0.541. The molecule has 1 atom stereocenters. The van der Waals surface area contributed by atoms with Crippen LogP contribution in [0, 0.1) is 12.8 Å². The standard InChI is InChI=1S/C12H19N3/c1-3-11(8-10-4-5-10)15-12-13-7-6-9(2)14-12/h6-7,10-11H,3-5,8H2,1-2H3,(H,13,14,15). The van der Waals surface area contributed by atoms with Crippen molar-refractivity contribution in [3.63, 3.8) is 0 Å². The van der Waals surface area contributed by atoms with E-state index < -0.39 is 0 Å². The molecule has 1 N–H and O–H groups in total. The highest BCUT2D eigenvalue weighted by molar-refractivity contribution is 5.26. The molecule has 1 unspecified atom stereocenters. The quantitative estimate of drug-likeness (QED) is 0.803. The van der Waals surface area contributed by atoms with E-state index in [0.29, 0.717) is 6.04 Å². The fourth-order valence-corrected chi connectivity index (χ4v) is 1.78. The van der Waals surface area contributed by atoms with E-state index in [1.165, 1.54) is 19.3 Å². The highest BCUT2D eigenvalue weighted by atomic mass is 15.1. The van der Waals surface area contributed by atoms with Crippen LogP contribution in [0.1, 0.15) is 38.3 Å². The zero-order valence-corrected chi connectivity index (χ0v) is 9.53. The van der Waals surface area contributed by atoms with Gasteiger partial charge in [-0.1, -0.05) is 19.8 Å². The molecule has 82 valence electrons. The summed E-state index contributed by atoms with van der Waals surface area (Å²) >= 11 is 0. The van der Waals surface area contributed by atoms with Crippen LogP contribution in [-0.2, 0) is 0 Å². The third kappa shape index (κ3) is 3.18. The number of hydrogen-bond donors (Lipinski definition) is 1. The number of nitrogens with one attached hydrogen (secondary N) is 1. The van der Waals surface area contributed by atoms with Crippen molar-refractivity contribution >= 4 is 5.95 Å². The molecule has 0 spiro atoms. The van der Waals surface area contributed by atoms with Gasteiger partial charge in [0.15, 0.2) is 0 Å². The van der Waals surface area contributed by atoms with E-state index in [2.05, 4.69) is 22.2 Å². The van der Waals surface area contributed by atoms with E-state index in [0.717, 1.165) is 24.0 Å². The van der Waals surface area contributed by atoms with Gasteiger partial charge in [-0.25, -0.2) is 9.97 Å². The minimum absolute atomic E-state index is 0.541. The molecular formula is C12H19N3.